The summed E-state index contributed by atoms with van der Waals surface area (Å²) in [6, 6.07) is 15.6. The van der Waals surface area contributed by atoms with Crippen LogP contribution in [0.3, 0.4) is 0 Å². The van der Waals surface area contributed by atoms with Crippen molar-refractivity contribution >= 4 is 17.7 Å². The van der Waals surface area contributed by atoms with Crippen LogP contribution in [-0.2, 0) is 28.3 Å². The number of nitrogens with one attached hydrogen (secondary N) is 1. The van der Waals surface area contributed by atoms with E-state index in [1.54, 1.807) is 30.5 Å². The summed E-state index contributed by atoms with van der Waals surface area (Å²) >= 11 is 0. The number of pyridine rings is 1. The van der Waals surface area contributed by atoms with Crippen LogP contribution in [0, 0.1) is 5.82 Å². The smallest absolute Gasteiger partial charge is 0.255 e. The molecule has 2 N–H and O–H groups in total. The molecular formula is C29H27FN4O4. The zero-order valence-corrected chi connectivity index (χ0v) is 20.7. The molecule has 0 bridgehead atoms. The first-order valence-electron chi connectivity index (χ1n) is 12.7. The second-order valence-electron chi connectivity index (χ2n) is 10.3. The molecule has 2 saturated heterocycles. The Labute approximate surface area is 219 Å². The number of piperidine rings is 1. The molecular weight excluding hydrogens is 487 g/mol. The maximum atomic E-state index is 15.7. The lowest BCUT2D eigenvalue weighted by molar-refractivity contribution is -0.136. The van der Waals surface area contributed by atoms with Gasteiger partial charge < -0.3 is 10.0 Å². The number of aliphatic hydroxyl groups is 1. The molecule has 0 spiro atoms. The van der Waals surface area contributed by atoms with Crippen LogP contribution in [0.4, 0.5) is 4.39 Å². The van der Waals surface area contributed by atoms with Gasteiger partial charge >= 0.3 is 0 Å². The maximum Gasteiger partial charge on any atom is 0.255 e. The van der Waals surface area contributed by atoms with Gasteiger partial charge in [-0.15, -0.1) is 0 Å². The summed E-state index contributed by atoms with van der Waals surface area (Å²) in [6.45, 7) is 1.59. The van der Waals surface area contributed by atoms with Crippen LogP contribution < -0.4 is 5.32 Å². The molecule has 38 heavy (non-hydrogen) atoms. The van der Waals surface area contributed by atoms with Crippen molar-refractivity contribution in [2.24, 2.45) is 0 Å². The molecule has 194 valence electrons. The predicted molar refractivity (Wildman–Crippen MR) is 136 cm³/mol. The summed E-state index contributed by atoms with van der Waals surface area (Å²) in [7, 11) is 0. The van der Waals surface area contributed by atoms with Gasteiger partial charge in [-0.25, -0.2) is 4.39 Å². The number of likely N-dealkylation sites (tertiary alicyclic amines) is 1. The summed E-state index contributed by atoms with van der Waals surface area (Å²) in [6.07, 6.45) is 2.61. The highest BCUT2D eigenvalue weighted by Gasteiger charge is 2.40. The summed E-state index contributed by atoms with van der Waals surface area (Å²) < 4.78 is 15.7. The predicted octanol–water partition coefficient (Wildman–Crippen LogP) is 2.74. The number of hydrogen-bond acceptors (Lipinski definition) is 6. The normalized spacial score (nSPS) is 23.6. The molecule has 2 fully saturated rings. The summed E-state index contributed by atoms with van der Waals surface area (Å²) in [4.78, 5) is 44.6. The average Bonchev–Trinajstić information content (AvgIpc) is 3.46. The Bertz CT molecular complexity index is 1450. The number of rotatable bonds is 5. The van der Waals surface area contributed by atoms with E-state index in [2.05, 4.69) is 10.3 Å². The third-order valence-corrected chi connectivity index (χ3v) is 7.80. The number of benzene rings is 2. The SMILES string of the molecule is O=C1CCC(N2Cc3cc(-c4nccc(CN5CCC(O)(c6ccccc6)C5)c4F)ccc3C2=O)C(=O)N1. The van der Waals surface area contributed by atoms with Gasteiger partial charge in [0.1, 0.15) is 17.3 Å². The quantitative estimate of drug-likeness (QED) is 0.508. The van der Waals surface area contributed by atoms with E-state index in [1.807, 2.05) is 35.2 Å². The average molecular weight is 515 g/mol. The zero-order chi connectivity index (χ0) is 26.4. The highest BCUT2D eigenvalue weighted by Crippen LogP contribution is 2.35. The lowest BCUT2D eigenvalue weighted by Gasteiger charge is -2.29. The van der Waals surface area contributed by atoms with Gasteiger partial charge in [-0.3, -0.25) is 29.6 Å². The topological polar surface area (TPSA) is 103 Å². The summed E-state index contributed by atoms with van der Waals surface area (Å²) in [5, 5.41) is 13.4. The molecule has 0 aliphatic carbocycles. The third kappa shape index (κ3) is 4.27. The van der Waals surface area contributed by atoms with E-state index in [0.29, 0.717) is 48.3 Å². The van der Waals surface area contributed by atoms with E-state index >= 15 is 4.39 Å². The molecule has 2 aromatic carbocycles. The number of hydrogen-bond donors (Lipinski definition) is 2. The van der Waals surface area contributed by atoms with E-state index in [4.69, 9.17) is 0 Å². The molecule has 6 rings (SSSR count). The Morgan fingerprint density at radius 1 is 1.11 bits per heavy atom. The van der Waals surface area contributed by atoms with Gasteiger partial charge in [-0.2, -0.15) is 0 Å². The van der Waals surface area contributed by atoms with Crippen LogP contribution in [0.5, 0.6) is 0 Å². The van der Waals surface area contributed by atoms with E-state index in [9.17, 15) is 19.5 Å². The summed E-state index contributed by atoms with van der Waals surface area (Å²) in [5.41, 5.74) is 2.27. The van der Waals surface area contributed by atoms with Crippen molar-refractivity contribution in [2.45, 2.75) is 44.0 Å². The number of halogens is 1. The Hall–Kier alpha value is -3.95. The van der Waals surface area contributed by atoms with E-state index in [-0.39, 0.29) is 36.9 Å². The fraction of sp³-hybridized carbons (Fsp3) is 0.310. The van der Waals surface area contributed by atoms with Crippen molar-refractivity contribution in [1.82, 2.24) is 20.1 Å². The Balaban J connectivity index is 1.21. The number of imide groups is 1. The first-order valence-corrected chi connectivity index (χ1v) is 12.7. The van der Waals surface area contributed by atoms with Gasteiger partial charge in [0.05, 0.1) is 0 Å². The highest BCUT2D eigenvalue weighted by atomic mass is 19.1. The fourth-order valence-corrected chi connectivity index (χ4v) is 5.76. The van der Waals surface area contributed by atoms with E-state index < -0.39 is 23.4 Å². The van der Waals surface area contributed by atoms with Crippen LogP contribution >= 0.6 is 0 Å². The van der Waals surface area contributed by atoms with Crippen LogP contribution in [0.15, 0.2) is 60.8 Å². The lowest BCUT2D eigenvalue weighted by Crippen LogP contribution is -2.52. The minimum atomic E-state index is -0.964. The number of nitrogens with zero attached hydrogens (tertiary/aromatic N) is 3. The van der Waals surface area contributed by atoms with Gasteiger partial charge in [0.15, 0.2) is 5.82 Å². The van der Waals surface area contributed by atoms with Crippen LogP contribution in [0.2, 0.25) is 0 Å². The zero-order valence-electron chi connectivity index (χ0n) is 20.7. The Morgan fingerprint density at radius 2 is 1.92 bits per heavy atom. The Kier molecular flexibility index (Phi) is 6.04. The fourth-order valence-electron chi connectivity index (χ4n) is 5.76. The first kappa shape index (κ1) is 24.4. The molecule has 3 aliphatic rings. The van der Waals surface area contributed by atoms with Gasteiger partial charge in [0.2, 0.25) is 11.8 Å². The molecule has 0 saturated carbocycles. The van der Waals surface area contributed by atoms with E-state index in [1.165, 1.54) is 4.90 Å². The van der Waals surface area contributed by atoms with Crippen molar-refractivity contribution in [2.75, 3.05) is 13.1 Å². The van der Waals surface area contributed by atoms with Crippen LogP contribution in [0.1, 0.15) is 46.3 Å². The molecule has 3 amide bonds. The molecule has 2 unspecified atom stereocenters. The summed E-state index contributed by atoms with van der Waals surface area (Å²) in [5.74, 6) is -1.51. The van der Waals surface area contributed by atoms with Crippen molar-refractivity contribution in [1.29, 1.82) is 0 Å². The first-order chi connectivity index (χ1) is 18.3. The number of fused-ring (bicyclic) bond motifs is 1. The molecule has 3 aliphatic heterocycles. The van der Waals surface area contributed by atoms with Gasteiger partial charge in [-0.1, -0.05) is 36.4 Å². The van der Waals surface area contributed by atoms with Gasteiger partial charge in [-0.05, 0) is 42.2 Å². The molecule has 1 aromatic heterocycles. The number of amides is 3. The number of β-amino-alcohol motifs (C(OH)–C–C–N with tert-alkyl or cyclic N) is 1. The lowest BCUT2D eigenvalue weighted by atomic mass is 9.93. The number of carbonyl (C=O) groups excluding carboxylic acids is 3. The van der Waals surface area contributed by atoms with Crippen LogP contribution in [-0.4, -0.2) is 56.7 Å². The van der Waals surface area contributed by atoms with Crippen molar-refractivity contribution < 1.29 is 23.9 Å². The maximum absolute atomic E-state index is 15.7. The molecule has 2 atom stereocenters. The highest BCUT2D eigenvalue weighted by molar-refractivity contribution is 6.05. The number of aromatic nitrogens is 1. The van der Waals surface area contributed by atoms with Crippen molar-refractivity contribution in [3.05, 3.63) is 88.9 Å². The van der Waals surface area contributed by atoms with Gasteiger partial charge in [0.25, 0.3) is 5.91 Å². The second-order valence-corrected chi connectivity index (χ2v) is 10.3. The molecule has 8 nitrogen and oxygen atoms in total. The molecule has 3 aromatic rings. The minimum Gasteiger partial charge on any atom is -0.384 e. The third-order valence-electron chi connectivity index (χ3n) is 7.80. The Morgan fingerprint density at radius 3 is 2.71 bits per heavy atom. The van der Waals surface area contributed by atoms with Gasteiger partial charge in [0, 0.05) is 55.5 Å². The van der Waals surface area contributed by atoms with Crippen molar-refractivity contribution in [3.63, 3.8) is 0 Å². The monoisotopic (exact) mass is 514 g/mol. The largest absolute Gasteiger partial charge is 0.384 e. The number of carbonyl (C=O) groups is 3. The van der Waals surface area contributed by atoms with Crippen LogP contribution in [0.25, 0.3) is 11.3 Å². The molecule has 9 heteroatoms. The minimum absolute atomic E-state index is 0.184. The van der Waals surface area contributed by atoms with Crippen molar-refractivity contribution in [3.8, 4) is 11.3 Å². The second kappa shape index (κ2) is 9.41. The standard InChI is InChI=1S/C29H27FN4O4/c30-25-19(15-33-13-11-29(38,17-33)21-4-2-1-3-5-21)10-12-31-26(25)18-6-7-22-20(14-18)16-34(28(22)37)23-8-9-24(35)32-27(23)36/h1-7,10,12,14,23,38H,8-9,11,13,15-17H2,(H,32,35,36). The molecule has 4 heterocycles. The molecule has 0 radical (unpaired) electrons. The van der Waals surface area contributed by atoms with E-state index in [0.717, 1.165) is 5.56 Å².